The minimum absolute atomic E-state index is 0.156. The number of nitrogens with one attached hydrogen (secondary N) is 1. The van der Waals surface area contributed by atoms with E-state index in [9.17, 15) is 14.4 Å². The molecule has 6 rings (SSSR count). The summed E-state index contributed by atoms with van der Waals surface area (Å²) in [4.78, 5) is 40.4. The number of amides is 4. The fourth-order valence-corrected chi connectivity index (χ4v) is 4.96. The van der Waals surface area contributed by atoms with Gasteiger partial charge in [-0.3, -0.25) is 14.9 Å². The van der Waals surface area contributed by atoms with Crippen molar-refractivity contribution in [3.63, 3.8) is 0 Å². The van der Waals surface area contributed by atoms with Crippen molar-refractivity contribution < 1.29 is 14.4 Å². The third-order valence-corrected chi connectivity index (χ3v) is 6.90. The van der Waals surface area contributed by atoms with E-state index in [4.69, 9.17) is 11.6 Å². The van der Waals surface area contributed by atoms with E-state index in [0.29, 0.717) is 16.3 Å². The number of carbonyl (C=O) groups is 3. The van der Waals surface area contributed by atoms with Gasteiger partial charge in [-0.05, 0) is 59.7 Å². The summed E-state index contributed by atoms with van der Waals surface area (Å²) < 4.78 is 2.12. The molecule has 0 aliphatic carbocycles. The van der Waals surface area contributed by atoms with Crippen LogP contribution in [0.1, 0.15) is 5.56 Å². The maximum absolute atomic E-state index is 13.7. The van der Waals surface area contributed by atoms with E-state index in [-0.39, 0.29) is 5.57 Å². The number of hydrogen-bond donors (Lipinski definition) is 1. The topological polar surface area (TPSA) is 71.4 Å². The molecule has 0 unspecified atom stereocenters. The number of benzene rings is 4. The van der Waals surface area contributed by atoms with Crippen molar-refractivity contribution in [2.45, 2.75) is 0 Å². The molecule has 4 amide bonds. The molecule has 1 aliphatic rings. The fraction of sp³-hybridized carbons (Fsp3) is 0. The minimum atomic E-state index is -0.815. The number of para-hydroxylation sites is 1. The van der Waals surface area contributed by atoms with Crippen LogP contribution in [-0.4, -0.2) is 22.4 Å². The van der Waals surface area contributed by atoms with Crippen LogP contribution in [0.4, 0.5) is 10.5 Å². The van der Waals surface area contributed by atoms with E-state index < -0.39 is 17.8 Å². The van der Waals surface area contributed by atoms with Crippen LogP contribution in [0.2, 0.25) is 5.02 Å². The highest BCUT2D eigenvalue weighted by atomic mass is 35.5. The van der Waals surface area contributed by atoms with Crippen molar-refractivity contribution in [3.8, 4) is 28.2 Å². The Morgan fingerprint density at radius 2 is 1.23 bits per heavy atom. The number of halogens is 1. The van der Waals surface area contributed by atoms with Crippen molar-refractivity contribution in [2.24, 2.45) is 0 Å². The van der Waals surface area contributed by atoms with Crippen molar-refractivity contribution in [1.82, 2.24) is 9.88 Å². The number of rotatable bonds is 5. The molecule has 1 aliphatic heterocycles. The van der Waals surface area contributed by atoms with Gasteiger partial charge in [0.25, 0.3) is 11.8 Å². The lowest BCUT2D eigenvalue weighted by atomic mass is 10.0. The van der Waals surface area contributed by atoms with Gasteiger partial charge in [0.15, 0.2) is 0 Å². The quantitative estimate of drug-likeness (QED) is 0.189. The molecule has 5 aromatic rings. The zero-order chi connectivity index (χ0) is 27.6. The molecule has 1 aromatic heterocycles. The van der Waals surface area contributed by atoms with Crippen LogP contribution in [0, 0.1) is 0 Å². The van der Waals surface area contributed by atoms with E-state index in [1.165, 1.54) is 0 Å². The number of hydrogen-bond acceptors (Lipinski definition) is 3. The SMILES string of the molecule is O=C1NC(=O)N(c2ccc(Cl)cc2)C(=O)C1=Cc1cc(-c2ccccc2)n(-c2ccccc2)c1-c1ccccc1. The average Bonchev–Trinajstić information content (AvgIpc) is 3.37. The minimum Gasteiger partial charge on any atom is -0.309 e. The summed E-state index contributed by atoms with van der Waals surface area (Å²) in [6.07, 6.45) is 1.56. The van der Waals surface area contributed by atoms with Gasteiger partial charge in [0, 0.05) is 16.3 Å². The first-order valence-electron chi connectivity index (χ1n) is 12.6. The first-order chi connectivity index (χ1) is 19.5. The molecule has 1 saturated heterocycles. The second-order valence-corrected chi connectivity index (χ2v) is 9.61. The first kappa shape index (κ1) is 25.1. The van der Waals surface area contributed by atoms with Gasteiger partial charge in [0.05, 0.1) is 17.1 Å². The van der Waals surface area contributed by atoms with Crippen LogP contribution in [0.3, 0.4) is 0 Å². The zero-order valence-electron chi connectivity index (χ0n) is 21.1. The van der Waals surface area contributed by atoms with Crippen LogP contribution in [-0.2, 0) is 9.59 Å². The molecule has 6 nitrogen and oxygen atoms in total. The van der Waals surface area contributed by atoms with Gasteiger partial charge < -0.3 is 4.57 Å². The highest BCUT2D eigenvalue weighted by molar-refractivity contribution is 6.39. The molecule has 194 valence electrons. The third-order valence-electron chi connectivity index (χ3n) is 6.65. The fourth-order valence-electron chi connectivity index (χ4n) is 4.84. The third kappa shape index (κ3) is 4.61. The molecule has 1 fully saturated rings. The second-order valence-electron chi connectivity index (χ2n) is 9.17. The lowest BCUT2D eigenvalue weighted by Crippen LogP contribution is -2.54. The number of nitrogens with zero attached hydrogens (tertiary/aromatic N) is 2. The Balaban J connectivity index is 1.59. The zero-order valence-corrected chi connectivity index (χ0v) is 21.9. The van der Waals surface area contributed by atoms with E-state index >= 15 is 0 Å². The Morgan fingerprint density at radius 1 is 0.650 bits per heavy atom. The predicted molar refractivity (Wildman–Crippen MR) is 157 cm³/mol. The molecule has 0 spiro atoms. The number of anilines is 1. The van der Waals surface area contributed by atoms with E-state index in [2.05, 4.69) is 9.88 Å². The van der Waals surface area contributed by atoms with E-state index in [1.54, 1.807) is 30.3 Å². The normalized spacial score (nSPS) is 14.5. The van der Waals surface area contributed by atoms with Gasteiger partial charge in [0.2, 0.25) is 0 Å². The Labute approximate surface area is 235 Å². The summed E-state index contributed by atoms with van der Waals surface area (Å²) in [7, 11) is 0. The Bertz CT molecular complexity index is 1760. The van der Waals surface area contributed by atoms with Crippen LogP contribution < -0.4 is 10.2 Å². The largest absolute Gasteiger partial charge is 0.335 e. The number of aromatic nitrogens is 1. The predicted octanol–water partition coefficient (Wildman–Crippen LogP) is 7.13. The lowest BCUT2D eigenvalue weighted by Gasteiger charge is -2.26. The molecule has 2 heterocycles. The van der Waals surface area contributed by atoms with Gasteiger partial charge in [-0.25, -0.2) is 9.69 Å². The molecule has 0 radical (unpaired) electrons. The monoisotopic (exact) mass is 543 g/mol. The smallest absolute Gasteiger partial charge is 0.309 e. The molecule has 0 saturated carbocycles. The second kappa shape index (κ2) is 10.5. The molecular formula is C33H22ClN3O3. The molecule has 40 heavy (non-hydrogen) atoms. The maximum atomic E-state index is 13.7. The molecule has 1 N–H and O–H groups in total. The Morgan fingerprint density at radius 3 is 1.85 bits per heavy atom. The van der Waals surface area contributed by atoms with Gasteiger partial charge >= 0.3 is 6.03 Å². The lowest BCUT2D eigenvalue weighted by molar-refractivity contribution is -0.122. The Kier molecular flexibility index (Phi) is 6.60. The van der Waals surface area contributed by atoms with Crippen molar-refractivity contribution in [2.75, 3.05) is 4.90 Å². The maximum Gasteiger partial charge on any atom is 0.335 e. The molecule has 0 atom stereocenters. The van der Waals surface area contributed by atoms with Crippen molar-refractivity contribution >= 4 is 41.2 Å². The van der Waals surface area contributed by atoms with Gasteiger partial charge in [-0.2, -0.15) is 0 Å². The summed E-state index contributed by atoms with van der Waals surface area (Å²) in [5.74, 6) is -1.48. The summed E-state index contributed by atoms with van der Waals surface area (Å²) in [6, 6.07) is 37.0. The summed E-state index contributed by atoms with van der Waals surface area (Å²) in [5.41, 5.74) is 5.26. The highest BCUT2D eigenvalue weighted by Crippen LogP contribution is 2.37. The number of carbonyl (C=O) groups excluding carboxylic acids is 3. The highest BCUT2D eigenvalue weighted by Gasteiger charge is 2.37. The summed E-state index contributed by atoms with van der Waals surface area (Å²) in [5, 5.41) is 2.77. The number of urea groups is 1. The summed E-state index contributed by atoms with van der Waals surface area (Å²) >= 11 is 6.00. The molecule has 0 bridgehead atoms. The number of barbiturate groups is 1. The van der Waals surface area contributed by atoms with E-state index in [0.717, 1.165) is 33.1 Å². The average molecular weight is 544 g/mol. The van der Waals surface area contributed by atoms with Crippen LogP contribution in [0.25, 0.3) is 34.3 Å². The van der Waals surface area contributed by atoms with Crippen molar-refractivity contribution in [3.05, 3.63) is 137 Å². The van der Waals surface area contributed by atoms with Crippen LogP contribution >= 0.6 is 11.6 Å². The van der Waals surface area contributed by atoms with Gasteiger partial charge in [0.1, 0.15) is 5.57 Å². The Hall–Kier alpha value is -5.20. The first-order valence-corrected chi connectivity index (χ1v) is 13.0. The molecular weight excluding hydrogens is 522 g/mol. The summed E-state index contributed by atoms with van der Waals surface area (Å²) in [6.45, 7) is 0. The van der Waals surface area contributed by atoms with Crippen LogP contribution in [0.5, 0.6) is 0 Å². The van der Waals surface area contributed by atoms with Gasteiger partial charge in [-0.1, -0.05) is 90.5 Å². The van der Waals surface area contributed by atoms with Crippen molar-refractivity contribution in [1.29, 1.82) is 0 Å². The molecule has 7 heteroatoms. The van der Waals surface area contributed by atoms with Gasteiger partial charge in [-0.15, -0.1) is 0 Å². The number of imide groups is 2. The van der Waals surface area contributed by atoms with E-state index in [1.807, 2.05) is 97.1 Å². The van der Waals surface area contributed by atoms with Crippen LogP contribution in [0.15, 0.2) is 127 Å². The molecule has 4 aromatic carbocycles. The standard InChI is InChI=1S/C33H22ClN3O3/c34-25-16-18-27(19-17-25)37-32(39)28(31(38)35-33(37)40)20-24-21-29(22-10-4-1-5-11-22)36(26-14-8-3-9-15-26)30(24)23-12-6-2-7-13-23/h1-21H,(H,35,38,40).